The van der Waals surface area contributed by atoms with Gasteiger partial charge in [0.1, 0.15) is 0 Å². The van der Waals surface area contributed by atoms with Gasteiger partial charge in [-0.05, 0) is 73.6 Å². The highest BCUT2D eigenvalue weighted by Crippen LogP contribution is 2.34. The molecule has 0 aliphatic heterocycles. The van der Waals surface area contributed by atoms with Gasteiger partial charge in [-0.25, -0.2) is 0 Å². The SMILES string of the molecule is Cl.Cl.NC(Cc1ccccc1Cl)C1CCC(C(N)Cc2ccccc2Cl)CC1. The third-order valence-electron chi connectivity index (χ3n) is 5.85. The van der Waals surface area contributed by atoms with E-state index in [0.717, 1.165) is 59.7 Å². The monoisotopic (exact) mass is 462 g/mol. The Labute approximate surface area is 191 Å². The van der Waals surface area contributed by atoms with E-state index >= 15 is 0 Å². The van der Waals surface area contributed by atoms with Crippen molar-refractivity contribution < 1.29 is 0 Å². The van der Waals surface area contributed by atoms with E-state index in [9.17, 15) is 0 Å². The highest BCUT2D eigenvalue weighted by molar-refractivity contribution is 6.31. The summed E-state index contributed by atoms with van der Waals surface area (Å²) in [6.45, 7) is 0. The Morgan fingerprint density at radius 1 is 0.679 bits per heavy atom. The summed E-state index contributed by atoms with van der Waals surface area (Å²) in [6, 6.07) is 16.3. The zero-order valence-corrected chi connectivity index (χ0v) is 19.0. The first-order chi connectivity index (χ1) is 12.5. The van der Waals surface area contributed by atoms with Gasteiger partial charge in [0.05, 0.1) is 0 Å². The Morgan fingerprint density at radius 3 is 1.32 bits per heavy atom. The second-order valence-corrected chi connectivity index (χ2v) is 8.41. The molecule has 6 heteroatoms. The lowest BCUT2D eigenvalue weighted by molar-refractivity contribution is 0.217. The lowest BCUT2D eigenvalue weighted by atomic mass is 9.74. The Morgan fingerprint density at radius 2 is 1.00 bits per heavy atom. The largest absolute Gasteiger partial charge is 0.327 e. The predicted octanol–water partition coefficient (Wildman–Crippen LogP) is 6.08. The van der Waals surface area contributed by atoms with Crippen molar-refractivity contribution in [1.29, 1.82) is 0 Å². The summed E-state index contributed by atoms with van der Waals surface area (Å²) in [4.78, 5) is 0. The third-order valence-corrected chi connectivity index (χ3v) is 6.59. The minimum atomic E-state index is 0. The van der Waals surface area contributed by atoms with Crippen LogP contribution in [0.3, 0.4) is 0 Å². The zero-order valence-electron chi connectivity index (χ0n) is 15.9. The van der Waals surface area contributed by atoms with Crippen molar-refractivity contribution in [3.63, 3.8) is 0 Å². The number of hydrogen-bond acceptors (Lipinski definition) is 2. The quantitative estimate of drug-likeness (QED) is 0.544. The van der Waals surface area contributed by atoms with Crippen molar-refractivity contribution in [2.75, 3.05) is 0 Å². The van der Waals surface area contributed by atoms with Gasteiger partial charge < -0.3 is 11.5 Å². The number of nitrogens with two attached hydrogens (primary N) is 2. The van der Waals surface area contributed by atoms with E-state index in [4.69, 9.17) is 34.7 Å². The first kappa shape index (κ1) is 25.6. The number of benzene rings is 2. The molecule has 1 aliphatic carbocycles. The second kappa shape index (κ2) is 12.3. The number of hydrogen-bond donors (Lipinski definition) is 2. The molecule has 1 fully saturated rings. The second-order valence-electron chi connectivity index (χ2n) is 7.59. The fourth-order valence-corrected chi connectivity index (χ4v) is 4.60. The van der Waals surface area contributed by atoms with Gasteiger partial charge >= 0.3 is 0 Å². The maximum absolute atomic E-state index is 6.51. The molecule has 0 spiro atoms. The number of halogens is 4. The molecule has 0 radical (unpaired) electrons. The van der Waals surface area contributed by atoms with Crippen LogP contribution in [-0.4, -0.2) is 12.1 Å². The molecule has 0 amide bonds. The van der Waals surface area contributed by atoms with E-state index in [1.54, 1.807) is 0 Å². The van der Waals surface area contributed by atoms with Crippen LogP contribution >= 0.6 is 48.0 Å². The first-order valence-electron chi connectivity index (χ1n) is 9.52. The van der Waals surface area contributed by atoms with Gasteiger partial charge in [-0.2, -0.15) is 0 Å². The molecule has 1 aliphatic rings. The molecule has 0 saturated heterocycles. The van der Waals surface area contributed by atoms with Crippen LogP contribution in [0.4, 0.5) is 0 Å². The molecule has 0 aromatic heterocycles. The van der Waals surface area contributed by atoms with Crippen molar-refractivity contribution in [1.82, 2.24) is 0 Å². The Bertz CT molecular complexity index is 656. The van der Waals surface area contributed by atoms with Gasteiger partial charge in [0.25, 0.3) is 0 Å². The van der Waals surface area contributed by atoms with Gasteiger partial charge in [-0.3, -0.25) is 0 Å². The van der Waals surface area contributed by atoms with Crippen molar-refractivity contribution in [2.45, 2.75) is 50.6 Å². The molecule has 2 aromatic carbocycles. The molecule has 0 bridgehead atoms. The lowest BCUT2D eigenvalue weighted by Crippen LogP contribution is -2.39. The fraction of sp³-hybridized carbons (Fsp3) is 0.455. The molecular formula is C22H30Cl4N2. The molecule has 3 rings (SSSR count). The van der Waals surface area contributed by atoms with E-state index in [0.29, 0.717) is 11.8 Å². The lowest BCUT2D eigenvalue weighted by Gasteiger charge is -2.35. The van der Waals surface area contributed by atoms with Crippen LogP contribution in [0.25, 0.3) is 0 Å². The maximum atomic E-state index is 6.51. The Kier molecular flexibility index (Phi) is 11.2. The molecule has 2 atom stereocenters. The van der Waals surface area contributed by atoms with E-state index in [-0.39, 0.29) is 36.9 Å². The van der Waals surface area contributed by atoms with Gasteiger partial charge in [0, 0.05) is 22.1 Å². The van der Waals surface area contributed by atoms with Crippen molar-refractivity contribution in [3.05, 3.63) is 69.7 Å². The first-order valence-corrected chi connectivity index (χ1v) is 10.3. The van der Waals surface area contributed by atoms with E-state index in [2.05, 4.69) is 12.1 Å². The van der Waals surface area contributed by atoms with Crippen LogP contribution in [-0.2, 0) is 12.8 Å². The molecule has 2 nitrogen and oxygen atoms in total. The standard InChI is InChI=1S/C22H28Cl2N2.2ClH/c23-19-7-3-1-5-17(19)13-21(25)15-9-11-16(12-10-15)22(26)14-18-6-2-4-8-20(18)24;;/h1-8,15-16,21-22H,9-14,25-26H2;2*1H. The highest BCUT2D eigenvalue weighted by atomic mass is 35.5. The smallest absolute Gasteiger partial charge is 0.0438 e. The van der Waals surface area contributed by atoms with Gasteiger partial charge in [-0.1, -0.05) is 59.6 Å². The van der Waals surface area contributed by atoms with Crippen LogP contribution < -0.4 is 11.5 Å². The molecule has 2 unspecified atom stereocenters. The average Bonchev–Trinajstić information content (AvgIpc) is 2.65. The minimum absolute atomic E-state index is 0. The van der Waals surface area contributed by atoms with Crippen molar-refractivity contribution in [3.8, 4) is 0 Å². The average molecular weight is 464 g/mol. The zero-order chi connectivity index (χ0) is 18.5. The van der Waals surface area contributed by atoms with Crippen LogP contribution in [0.1, 0.15) is 36.8 Å². The van der Waals surface area contributed by atoms with Crippen LogP contribution in [0, 0.1) is 11.8 Å². The molecule has 2 aromatic rings. The van der Waals surface area contributed by atoms with Gasteiger partial charge in [0.2, 0.25) is 0 Å². The van der Waals surface area contributed by atoms with Gasteiger partial charge in [0.15, 0.2) is 0 Å². The summed E-state index contributed by atoms with van der Waals surface area (Å²) in [5.74, 6) is 1.10. The maximum Gasteiger partial charge on any atom is 0.0438 e. The summed E-state index contributed by atoms with van der Waals surface area (Å²) in [7, 11) is 0. The molecule has 4 N–H and O–H groups in total. The molecular weight excluding hydrogens is 434 g/mol. The van der Waals surface area contributed by atoms with Gasteiger partial charge in [-0.15, -0.1) is 24.8 Å². The summed E-state index contributed by atoms with van der Waals surface area (Å²) >= 11 is 12.6. The minimum Gasteiger partial charge on any atom is -0.327 e. The summed E-state index contributed by atoms with van der Waals surface area (Å²) < 4.78 is 0. The summed E-state index contributed by atoms with van der Waals surface area (Å²) in [5, 5.41) is 1.64. The fourth-order valence-electron chi connectivity index (χ4n) is 4.17. The summed E-state index contributed by atoms with van der Waals surface area (Å²) in [5.41, 5.74) is 15.3. The molecule has 156 valence electrons. The van der Waals surface area contributed by atoms with E-state index < -0.39 is 0 Å². The van der Waals surface area contributed by atoms with Crippen LogP contribution in [0.5, 0.6) is 0 Å². The topological polar surface area (TPSA) is 52.0 Å². The number of rotatable bonds is 6. The summed E-state index contributed by atoms with van der Waals surface area (Å²) in [6.07, 6.45) is 6.28. The van der Waals surface area contributed by atoms with Crippen LogP contribution in [0.15, 0.2) is 48.5 Å². The molecule has 28 heavy (non-hydrogen) atoms. The van der Waals surface area contributed by atoms with Crippen LogP contribution in [0.2, 0.25) is 10.0 Å². The molecule has 0 heterocycles. The van der Waals surface area contributed by atoms with E-state index in [1.165, 1.54) is 0 Å². The highest BCUT2D eigenvalue weighted by Gasteiger charge is 2.29. The predicted molar refractivity (Wildman–Crippen MR) is 126 cm³/mol. The normalized spacial score (nSPS) is 21.1. The Balaban J connectivity index is 0.00000196. The van der Waals surface area contributed by atoms with E-state index in [1.807, 2.05) is 36.4 Å². The van der Waals surface area contributed by atoms with Crippen molar-refractivity contribution in [2.24, 2.45) is 23.3 Å². The van der Waals surface area contributed by atoms with Crippen molar-refractivity contribution >= 4 is 48.0 Å². The Hall–Kier alpha value is -0.480. The molecule has 1 saturated carbocycles. The third kappa shape index (κ3) is 6.79.